The third kappa shape index (κ3) is 3.22. The Morgan fingerprint density at radius 3 is 2.56 bits per heavy atom. The van der Waals surface area contributed by atoms with Gasteiger partial charge in [0.2, 0.25) is 0 Å². The molecule has 0 radical (unpaired) electrons. The quantitative estimate of drug-likeness (QED) is 0.502. The fraction of sp³-hybridized carbons (Fsp3) is 0.0556. The van der Waals surface area contributed by atoms with Crippen molar-refractivity contribution in [2.45, 2.75) is 0 Å². The molecule has 7 heteroatoms. The maximum absolute atomic E-state index is 12.8. The molecule has 0 aliphatic carbocycles. The molecule has 2 amide bonds. The van der Waals surface area contributed by atoms with Crippen LogP contribution >= 0.6 is 12.2 Å². The van der Waals surface area contributed by atoms with Gasteiger partial charge in [-0.1, -0.05) is 24.3 Å². The van der Waals surface area contributed by atoms with Crippen LogP contribution in [-0.2, 0) is 9.59 Å². The number of phenolic OH excluding ortho intramolecular Hbond substituents is 1. The topological polar surface area (TPSA) is 78.9 Å². The molecule has 0 aromatic heterocycles. The summed E-state index contributed by atoms with van der Waals surface area (Å²) in [6.07, 6.45) is 1.43. The summed E-state index contributed by atoms with van der Waals surface area (Å²) in [5, 5.41) is 12.2. The number of hydrogen-bond acceptors (Lipinski definition) is 5. The van der Waals surface area contributed by atoms with Gasteiger partial charge in [-0.05, 0) is 48.1 Å². The second-order valence-electron chi connectivity index (χ2n) is 5.22. The number of thiocarbonyl (C=S) groups is 1. The van der Waals surface area contributed by atoms with Gasteiger partial charge in [0.25, 0.3) is 11.8 Å². The van der Waals surface area contributed by atoms with E-state index >= 15 is 0 Å². The number of ether oxygens (including phenoxy) is 1. The summed E-state index contributed by atoms with van der Waals surface area (Å²) >= 11 is 5.13. The summed E-state index contributed by atoms with van der Waals surface area (Å²) in [5.41, 5.74) is 1.03. The van der Waals surface area contributed by atoms with E-state index in [1.165, 1.54) is 30.2 Å². The first kappa shape index (κ1) is 16.7. The summed E-state index contributed by atoms with van der Waals surface area (Å²) in [5.74, 6) is -0.883. The predicted molar refractivity (Wildman–Crippen MR) is 97.3 cm³/mol. The van der Waals surface area contributed by atoms with Crippen molar-refractivity contribution in [3.8, 4) is 11.5 Å². The lowest BCUT2D eigenvalue weighted by Gasteiger charge is -2.28. The zero-order valence-electron chi connectivity index (χ0n) is 13.2. The molecule has 2 N–H and O–H groups in total. The first-order chi connectivity index (χ1) is 12.0. The number of rotatable bonds is 3. The molecule has 0 atom stereocenters. The van der Waals surface area contributed by atoms with Gasteiger partial charge >= 0.3 is 0 Å². The first-order valence-electron chi connectivity index (χ1n) is 7.35. The second-order valence-corrected chi connectivity index (χ2v) is 5.61. The zero-order valence-corrected chi connectivity index (χ0v) is 14.0. The molecule has 2 aromatic carbocycles. The number of nitrogens with one attached hydrogen (secondary N) is 1. The summed E-state index contributed by atoms with van der Waals surface area (Å²) in [6.45, 7) is 0. The largest absolute Gasteiger partial charge is 0.504 e. The molecule has 1 fully saturated rings. The molecule has 0 spiro atoms. The van der Waals surface area contributed by atoms with E-state index in [2.05, 4.69) is 5.32 Å². The third-order valence-electron chi connectivity index (χ3n) is 3.63. The molecular formula is C18H14N2O4S. The van der Waals surface area contributed by atoms with Gasteiger partial charge in [0, 0.05) is 0 Å². The number of carbonyl (C=O) groups is 2. The van der Waals surface area contributed by atoms with Crippen LogP contribution in [0.4, 0.5) is 5.69 Å². The van der Waals surface area contributed by atoms with E-state index in [-0.39, 0.29) is 22.2 Å². The highest BCUT2D eigenvalue weighted by atomic mass is 32.1. The molecule has 0 unspecified atom stereocenters. The van der Waals surface area contributed by atoms with Crippen molar-refractivity contribution >= 4 is 40.9 Å². The van der Waals surface area contributed by atoms with E-state index in [1.54, 1.807) is 30.3 Å². The Morgan fingerprint density at radius 2 is 1.88 bits per heavy atom. The van der Waals surface area contributed by atoms with Gasteiger partial charge in [-0.3, -0.25) is 19.8 Å². The summed E-state index contributed by atoms with van der Waals surface area (Å²) in [7, 11) is 1.42. The average molecular weight is 354 g/mol. The van der Waals surface area contributed by atoms with Crippen LogP contribution in [0.3, 0.4) is 0 Å². The number of anilines is 1. The maximum Gasteiger partial charge on any atom is 0.270 e. The molecule has 25 heavy (non-hydrogen) atoms. The average Bonchev–Trinajstić information content (AvgIpc) is 2.60. The SMILES string of the molecule is COc1cc(C=C2C(=O)NC(=S)N(c3ccccc3)C2=O)ccc1O. The standard InChI is InChI=1S/C18H14N2O4S/c1-24-15-10-11(7-8-14(15)21)9-13-16(22)19-18(25)20(17(13)23)12-5-3-2-4-6-12/h2-10,21H,1H3,(H,19,22,25). The number of hydrogen-bond donors (Lipinski definition) is 2. The predicted octanol–water partition coefficient (Wildman–Crippen LogP) is 2.23. The Balaban J connectivity index is 2.02. The molecule has 0 saturated carbocycles. The van der Waals surface area contributed by atoms with Crippen LogP contribution in [-0.4, -0.2) is 29.1 Å². The number of nitrogens with zero attached hydrogens (tertiary/aromatic N) is 1. The van der Waals surface area contributed by atoms with E-state index in [1.807, 2.05) is 6.07 Å². The van der Waals surface area contributed by atoms with Gasteiger partial charge in [-0.25, -0.2) is 0 Å². The normalized spacial score (nSPS) is 16.1. The first-order valence-corrected chi connectivity index (χ1v) is 7.75. The highest BCUT2D eigenvalue weighted by molar-refractivity contribution is 7.80. The molecule has 1 heterocycles. The van der Waals surface area contributed by atoms with Crippen molar-refractivity contribution in [1.82, 2.24) is 5.32 Å². The molecule has 1 aliphatic rings. The highest BCUT2D eigenvalue weighted by Gasteiger charge is 2.34. The van der Waals surface area contributed by atoms with Crippen LogP contribution < -0.4 is 15.0 Å². The van der Waals surface area contributed by atoms with Gasteiger partial charge in [-0.2, -0.15) is 0 Å². The summed E-state index contributed by atoms with van der Waals surface area (Å²) in [4.78, 5) is 26.3. The minimum atomic E-state index is -0.575. The van der Waals surface area contributed by atoms with Crippen LogP contribution in [0.25, 0.3) is 6.08 Å². The van der Waals surface area contributed by atoms with E-state index < -0.39 is 11.8 Å². The van der Waals surface area contributed by atoms with Crippen LogP contribution in [0, 0.1) is 0 Å². The Kier molecular flexibility index (Phi) is 4.49. The van der Waals surface area contributed by atoms with Gasteiger partial charge in [0.05, 0.1) is 12.8 Å². The van der Waals surface area contributed by atoms with Crippen molar-refractivity contribution in [1.29, 1.82) is 0 Å². The second kappa shape index (κ2) is 6.74. The maximum atomic E-state index is 12.8. The van der Waals surface area contributed by atoms with Gasteiger partial charge < -0.3 is 9.84 Å². The van der Waals surface area contributed by atoms with Crippen LogP contribution in [0.5, 0.6) is 11.5 Å². The van der Waals surface area contributed by atoms with E-state index in [9.17, 15) is 14.7 Å². The number of benzene rings is 2. The Bertz CT molecular complexity index is 893. The molecule has 0 bridgehead atoms. The fourth-order valence-electron chi connectivity index (χ4n) is 2.42. The van der Waals surface area contributed by atoms with Crippen molar-refractivity contribution in [3.05, 3.63) is 59.7 Å². The summed E-state index contributed by atoms with van der Waals surface area (Å²) < 4.78 is 5.04. The molecule has 3 rings (SSSR count). The minimum Gasteiger partial charge on any atom is -0.504 e. The molecule has 6 nitrogen and oxygen atoms in total. The van der Waals surface area contributed by atoms with Crippen LogP contribution in [0.2, 0.25) is 0 Å². The third-order valence-corrected chi connectivity index (χ3v) is 3.92. The summed E-state index contributed by atoms with van der Waals surface area (Å²) in [6, 6.07) is 13.3. The Morgan fingerprint density at radius 1 is 1.16 bits per heavy atom. The molecule has 1 saturated heterocycles. The zero-order chi connectivity index (χ0) is 18.0. The molecular weight excluding hydrogens is 340 g/mol. The van der Waals surface area contributed by atoms with E-state index in [0.717, 1.165) is 0 Å². The Hall–Kier alpha value is -3.19. The lowest BCUT2D eigenvalue weighted by atomic mass is 10.1. The Labute approximate surface area is 149 Å². The molecule has 1 aliphatic heterocycles. The molecule has 126 valence electrons. The number of methoxy groups -OCH3 is 1. The lowest BCUT2D eigenvalue weighted by molar-refractivity contribution is -0.122. The number of aromatic hydroxyl groups is 1. The van der Waals surface area contributed by atoms with Crippen molar-refractivity contribution in [2.24, 2.45) is 0 Å². The number of amides is 2. The van der Waals surface area contributed by atoms with Gasteiger partial charge in [-0.15, -0.1) is 0 Å². The fourth-order valence-corrected chi connectivity index (χ4v) is 2.70. The molecule has 2 aromatic rings. The number of carbonyl (C=O) groups excluding carboxylic acids is 2. The van der Waals surface area contributed by atoms with Gasteiger partial charge in [0.1, 0.15) is 5.57 Å². The smallest absolute Gasteiger partial charge is 0.270 e. The number of phenols is 1. The minimum absolute atomic E-state index is 0.0293. The van der Waals surface area contributed by atoms with Crippen molar-refractivity contribution < 1.29 is 19.4 Å². The van der Waals surface area contributed by atoms with Crippen molar-refractivity contribution in [2.75, 3.05) is 12.0 Å². The highest BCUT2D eigenvalue weighted by Crippen LogP contribution is 2.28. The van der Waals surface area contributed by atoms with Crippen molar-refractivity contribution in [3.63, 3.8) is 0 Å². The van der Waals surface area contributed by atoms with Crippen LogP contribution in [0.1, 0.15) is 5.56 Å². The van der Waals surface area contributed by atoms with E-state index in [0.29, 0.717) is 11.3 Å². The number of para-hydroxylation sites is 1. The van der Waals surface area contributed by atoms with Gasteiger partial charge in [0.15, 0.2) is 16.6 Å². The monoisotopic (exact) mass is 354 g/mol. The lowest BCUT2D eigenvalue weighted by Crippen LogP contribution is -2.54. The van der Waals surface area contributed by atoms with Crippen LogP contribution in [0.15, 0.2) is 54.1 Å². The van der Waals surface area contributed by atoms with E-state index in [4.69, 9.17) is 17.0 Å².